The van der Waals surface area contributed by atoms with Gasteiger partial charge in [0.2, 0.25) is 11.8 Å². The van der Waals surface area contributed by atoms with Crippen molar-refractivity contribution >= 4 is 11.8 Å². The number of hydrogen-bond donors (Lipinski definition) is 2. The highest BCUT2D eigenvalue weighted by Gasteiger charge is 2.38. The van der Waals surface area contributed by atoms with Crippen molar-refractivity contribution in [3.63, 3.8) is 0 Å². The van der Waals surface area contributed by atoms with E-state index in [1.165, 1.54) is 38.5 Å². The Hall–Kier alpha value is -1.06. The van der Waals surface area contributed by atoms with E-state index >= 15 is 0 Å². The molecule has 0 spiro atoms. The first-order chi connectivity index (χ1) is 12.9. The van der Waals surface area contributed by atoms with E-state index in [-0.39, 0.29) is 23.7 Å². The summed E-state index contributed by atoms with van der Waals surface area (Å²) < 4.78 is 0. The van der Waals surface area contributed by atoms with E-state index in [1.54, 1.807) is 0 Å². The number of amides is 2. The fraction of sp³-hybridized carbons (Fsp3) is 0.913. The maximum atomic E-state index is 12.5. The van der Waals surface area contributed by atoms with Crippen LogP contribution in [-0.4, -0.2) is 24.9 Å². The molecule has 2 amide bonds. The Morgan fingerprint density at radius 3 is 2.04 bits per heavy atom. The standard InChI is InChI=1S/C23H44N2O2/c1-6-24-22(26)20-15-14-19(16-21(20)23(27)25-7-2)13-9-12-18(5)11-8-10-17(3)4/h17-21H,6-16H2,1-5H3,(H,24,26)(H,25,27). The summed E-state index contributed by atoms with van der Waals surface area (Å²) in [6.07, 6.45) is 10.6. The van der Waals surface area contributed by atoms with E-state index in [0.29, 0.717) is 19.0 Å². The highest BCUT2D eigenvalue weighted by atomic mass is 16.2. The van der Waals surface area contributed by atoms with Gasteiger partial charge < -0.3 is 10.6 Å². The largest absolute Gasteiger partial charge is 0.356 e. The average Bonchev–Trinajstić information content (AvgIpc) is 2.61. The van der Waals surface area contributed by atoms with Gasteiger partial charge in [-0.25, -0.2) is 0 Å². The van der Waals surface area contributed by atoms with Crippen LogP contribution in [0.4, 0.5) is 0 Å². The second-order valence-electron chi connectivity index (χ2n) is 9.04. The van der Waals surface area contributed by atoms with Gasteiger partial charge in [0.1, 0.15) is 0 Å². The smallest absolute Gasteiger partial charge is 0.223 e. The summed E-state index contributed by atoms with van der Waals surface area (Å²) in [6, 6.07) is 0. The predicted octanol–water partition coefficient (Wildman–Crippen LogP) is 4.92. The van der Waals surface area contributed by atoms with Crippen LogP contribution in [-0.2, 0) is 9.59 Å². The monoisotopic (exact) mass is 380 g/mol. The second kappa shape index (κ2) is 13.2. The van der Waals surface area contributed by atoms with Crippen molar-refractivity contribution in [3.8, 4) is 0 Å². The Labute approximate surface area is 167 Å². The van der Waals surface area contributed by atoms with Gasteiger partial charge in [-0.15, -0.1) is 0 Å². The minimum atomic E-state index is -0.154. The lowest BCUT2D eigenvalue weighted by Crippen LogP contribution is -2.45. The number of rotatable bonds is 12. The fourth-order valence-electron chi connectivity index (χ4n) is 4.51. The number of carbonyl (C=O) groups is 2. The maximum Gasteiger partial charge on any atom is 0.223 e. The minimum Gasteiger partial charge on any atom is -0.356 e. The van der Waals surface area contributed by atoms with Crippen molar-refractivity contribution in [2.24, 2.45) is 29.6 Å². The van der Waals surface area contributed by atoms with Crippen LogP contribution in [0.2, 0.25) is 0 Å². The van der Waals surface area contributed by atoms with Gasteiger partial charge in [-0.3, -0.25) is 9.59 Å². The van der Waals surface area contributed by atoms with E-state index in [2.05, 4.69) is 31.4 Å². The third-order valence-electron chi connectivity index (χ3n) is 6.12. The molecular weight excluding hydrogens is 336 g/mol. The Morgan fingerprint density at radius 2 is 1.44 bits per heavy atom. The van der Waals surface area contributed by atoms with Crippen molar-refractivity contribution in [2.45, 2.75) is 92.4 Å². The first kappa shape index (κ1) is 24.0. The van der Waals surface area contributed by atoms with E-state index in [4.69, 9.17) is 0 Å². The maximum absolute atomic E-state index is 12.5. The third kappa shape index (κ3) is 9.12. The average molecular weight is 381 g/mol. The van der Waals surface area contributed by atoms with Gasteiger partial charge in [-0.2, -0.15) is 0 Å². The molecule has 1 aliphatic carbocycles. The van der Waals surface area contributed by atoms with Crippen molar-refractivity contribution in [2.75, 3.05) is 13.1 Å². The molecular formula is C23H44N2O2. The van der Waals surface area contributed by atoms with E-state index in [9.17, 15) is 9.59 Å². The quantitative estimate of drug-likeness (QED) is 0.505. The number of nitrogens with one attached hydrogen (secondary N) is 2. The minimum absolute atomic E-state index is 0.0611. The molecule has 0 heterocycles. The Bertz CT molecular complexity index is 436. The molecule has 0 radical (unpaired) electrons. The molecule has 4 heteroatoms. The zero-order valence-corrected chi connectivity index (χ0v) is 18.5. The number of hydrogen-bond acceptors (Lipinski definition) is 2. The summed E-state index contributed by atoms with van der Waals surface area (Å²) in [5.74, 6) is 2.03. The van der Waals surface area contributed by atoms with E-state index in [1.807, 2.05) is 13.8 Å². The zero-order chi connectivity index (χ0) is 20.2. The molecule has 1 fully saturated rings. The van der Waals surface area contributed by atoms with E-state index < -0.39 is 0 Å². The van der Waals surface area contributed by atoms with Crippen LogP contribution >= 0.6 is 0 Å². The SMILES string of the molecule is CCNC(=O)C1CCC(CCCC(C)CCCC(C)C)CC1C(=O)NCC. The van der Waals surface area contributed by atoms with Crippen LogP contribution in [0.25, 0.3) is 0 Å². The van der Waals surface area contributed by atoms with Crippen molar-refractivity contribution in [1.82, 2.24) is 10.6 Å². The summed E-state index contributed by atoms with van der Waals surface area (Å²) in [5.41, 5.74) is 0. The van der Waals surface area contributed by atoms with E-state index in [0.717, 1.165) is 31.1 Å². The summed E-state index contributed by atoms with van der Waals surface area (Å²) in [6.45, 7) is 12.1. The molecule has 0 aromatic heterocycles. The van der Waals surface area contributed by atoms with Crippen molar-refractivity contribution in [1.29, 1.82) is 0 Å². The lowest BCUT2D eigenvalue weighted by molar-refractivity contribution is -0.137. The third-order valence-corrected chi connectivity index (χ3v) is 6.12. The molecule has 4 atom stereocenters. The lowest BCUT2D eigenvalue weighted by atomic mass is 9.71. The molecule has 4 unspecified atom stereocenters. The molecule has 1 rings (SSSR count). The Balaban J connectivity index is 2.45. The predicted molar refractivity (Wildman–Crippen MR) is 113 cm³/mol. The summed E-state index contributed by atoms with van der Waals surface area (Å²) in [4.78, 5) is 24.9. The first-order valence-corrected chi connectivity index (χ1v) is 11.4. The summed E-state index contributed by atoms with van der Waals surface area (Å²) in [5, 5.41) is 5.87. The molecule has 0 aromatic carbocycles. The van der Waals surface area contributed by atoms with Gasteiger partial charge in [0, 0.05) is 24.9 Å². The summed E-state index contributed by atoms with van der Waals surface area (Å²) in [7, 11) is 0. The van der Waals surface area contributed by atoms with Crippen LogP contribution < -0.4 is 10.6 Å². The topological polar surface area (TPSA) is 58.2 Å². The Kier molecular flexibility index (Phi) is 11.7. The van der Waals surface area contributed by atoms with Gasteiger partial charge in [0.25, 0.3) is 0 Å². The molecule has 2 N–H and O–H groups in total. The van der Waals surface area contributed by atoms with Crippen LogP contribution in [0.1, 0.15) is 92.4 Å². The molecule has 0 saturated heterocycles. The molecule has 4 nitrogen and oxygen atoms in total. The molecule has 0 bridgehead atoms. The molecule has 0 aliphatic heterocycles. The zero-order valence-electron chi connectivity index (χ0n) is 18.5. The van der Waals surface area contributed by atoms with Gasteiger partial charge in [-0.05, 0) is 50.9 Å². The lowest BCUT2D eigenvalue weighted by Gasteiger charge is -2.34. The molecule has 158 valence electrons. The molecule has 0 aromatic rings. The molecule has 1 aliphatic rings. The van der Waals surface area contributed by atoms with Crippen molar-refractivity contribution < 1.29 is 9.59 Å². The van der Waals surface area contributed by atoms with Crippen LogP contribution in [0.3, 0.4) is 0 Å². The van der Waals surface area contributed by atoms with Crippen LogP contribution in [0.5, 0.6) is 0 Å². The highest BCUT2D eigenvalue weighted by Crippen LogP contribution is 2.37. The van der Waals surface area contributed by atoms with Crippen LogP contribution in [0.15, 0.2) is 0 Å². The Morgan fingerprint density at radius 1 is 0.852 bits per heavy atom. The fourth-order valence-corrected chi connectivity index (χ4v) is 4.51. The van der Waals surface area contributed by atoms with Gasteiger partial charge in [0.05, 0.1) is 0 Å². The molecule has 1 saturated carbocycles. The highest BCUT2D eigenvalue weighted by molar-refractivity contribution is 5.87. The first-order valence-electron chi connectivity index (χ1n) is 11.4. The van der Waals surface area contributed by atoms with Crippen molar-refractivity contribution in [3.05, 3.63) is 0 Å². The summed E-state index contributed by atoms with van der Waals surface area (Å²) >= 11 is 0. The van der Waals surface area contributed by atoms with Gasteiger partial charge in [-0.1, -0.05) is 59.3 Å². The van der Waals surface area contributed by atoms with Gasteiger partial charge >= 0.3 is 0 Å². The normalized spacial score (nSPS) is 23.9. The second-order valence-corrected chi connectivity index (χ2v) is 9.04. The van der Waals surface area contributed by atoms with Crippen LogP contribution in [0, 0.1) is 29.6 Å². The molecule has 27 heavy (non-hydrogen) atoms. The number of carbonyl (C=O) groups excluding carboxylic acids is 2. The van der Waals surface area contributed by atoms with Gasteiger partial charge in [0.15, 0.2) is 0 Å².